The first-order valence-corrected chi connectivity index (χ1v) is 10.0. The van der Waals surface area contributed by atoms with E-state index in [1.165, 1.54) is 22.2 Å². The molecule has 140 valence electrons. The van der Waals surface area contributed by atoms with Crippen molar-refractivity contribution in [1.82, 2.24) is 10.2 Å². The Bertz CT molecular complexity index is 803. The zero-order valence-electron chi connectivity index (χ0n) is 15.2. The molecule has 0 fully saturated rings. The number of nitrogens with zero attached hydrogens (tertiary/aromatic N) is 1. The molecule has 0 bridgehead atoms. The summed E-state index contributed by atoms with van der Waals surface area (Å²) < 4.78 is 0. The lowest BCUT2D eigenvalue weighted by molar-refractivity contribution is -0.120. The van der Waals surface area contributed by atoms with Gasteiger partial charge in [-0.3, -0.25) is 19.3 Å². The Morgan fingerprint density at radius 2 is 1.59 bits per heavy atom. The first kappa shape index (κ1) is 19.2. The third kappa shape index (κ3) is 4.57. The van der Waals surface area contributed by atoms with Crippen LogP contribution in [0.1, 0.15) is 33.2 Å². The van der Waals surface area contributed by atoms with Gasteiger partial charge in [-0.05, 0) is 31.0 Å². The van der Waals surface area contributed by atoms with Crippen molar-refractivity contribution < 1.29 is 14.4 Å². The van der Waals surface area contributed by atoms with E-state index in [9.17, 15) is 14.4 Å². The molecule has 6 heteroatoms. The quantitative estimate of drug-likeness (QED) is 0.713. The van der Waals surface area contributed by atoms with Crippen LogP contribution in [0, 0.1) is 0 Å². The number of fused-ring (bicyclic) bond motifs is 1. The van der Waals surface area contributed by atoms with Gasteiger partial charge in [-0.2, -0.15) is 0 Å². The Morgan fingerprint density at radius 3 is 2.22 bits per heavy atom. The van der Waals surface area contributed by atoms with Crippen molar-refractivity contribution in [3.05, 3.63) is 71.3 Å². The lowest BCUT2D eigenvalue weighted by Crippen LogP contribution is -2.35. The zero-order chi connectivity index (χ0) is 19.2. The molecule has 1 unspecified atom stereocenters. The largest absolute Gasteiger partial charge is 0.355 e. The molecule has 0 spiro atoms. The summed E-state index contributed by atoms with van der Waals surface area (Å²) in [6, 6.07) is 16.9. The average Bonchev–Trinajstić information content (AvgIpc) is 2.93. The fourth-order valence-electron chi connectivity index (χ4n) is 2.96. The van der Waals surface area contributed by atoms with Gasteiger partial charge < -0.3 is 5.32 Å². The molecule has 5 nitrogen and oxygen atoms in total. The van der Waals surface area contributed by atoms with Gasteiger partial charge in [-0.25, -0.2) is 0 Å². The molecule has 3 rings (SSSR count). The van der Waals surface area contributed by atoms with Crippen molar-refractivity contribution in [3.63, 3.8) is 0 Å². The first-order valence-electron chi connectivity index (χ1n) is 8.96. The van der Waals surface area contributed by atoms with Gasteiger partial charge in [0.2, 0.25) is 5.91 Å². The maximum atomic E-state index is 12.3. The van der Waals surface area contributed by atoms with E-state index >= 15 is 0 Å². The Hall–Kier alpha value is -2.60. The highest BCUT2D eigenvalue weighted by Gasteiger charge is 2.34. The van der Waals surface area contributed by atoms with Gasteiger partial charge in [0.15, 0.2) is 0 Å². The number of thioether (sulfide) groups is 1. The third-order valence-electron chi connectivity index (χ3n) is 4.49. The summed E-state index contributed by atoms with van der Waals surface area (Å²) in [5.41, 5.74) is 2.10. The summed E-state index contributed by atoms with van der Waals surface area (Å²) in [6.45, 7) is 2.73. The predicted octanol–water partition coefficient (Wildman–Crippen LogP) is 2.76. The minimum Gasteiger partial charge on any atom is -0.355 e. The van der Waals surface area contributed by atoms with Gasteiger partial charge in [0.1, 0.15) is 0 Å². The lowest BCUT2D eigenvalue weighted by atomic mass is 10.1. The monoisotopic (exact) mass is 382 g/mol. The molecule has 1 heterocycles. The average molecular weight is 382 g/mol. The standard InChI is InChI=1S/C21H22N2O3S/c1-15(19(24)22-12-11-16-7-3-2-4-8-16)27-14-13-23-20(25)17-9-5-6-10-18(17)21(23)26/h2-10,15H,11-14H2,1H3,(H,22,24). The number of nitrogens with one attached hydrogen (secondary N) is 1. The summed E-state index contributed by atoms with van der Waals surface area (Å²) in [5, 5.41) is 2.69. The second kappa shape index (κ2) is 8.86. The minimum atomic E-state index is -0.254. The van der Waals surface area contributed by atoms with Gasteiger partial charge in [0.05, 0.1) is 16.4 Å². The lowest BCUT2D eigenvalue weighted by Gasteiger charge is -2.16. The maximum absolute atomic E-state index is 12.3. The zero-order valence-corrected chi connectivity index (χ0v) is 16.0. The molecule has 1 N–H and O–H groups in total. The van der Waals surface area contributed by atoms with E-state index in [4.69, 9.17) is 0 Å². The van der Waals surface area contributed by atoms with Crippen molar-refractivity contribution in [2.45, 2.75) is 18.6 Å². The molecule has 0 saturated heterocycles. The molecule has 1 aliphatic heterocycles. The van der Waals surface area contributed by atoms with Crippen LogP contribution in [0.2, 0.25) is 0 Å². The SMILES string of the molecule is CC(SCCN1C(=O)c2ccccc2C1=O)C(=O)NCCc1ccccc1. The maximum Gasteiger partial charge on any atom is 0.261 e. The van der Waals surface area contributed by atoms with Gasteiger partial charge in [0.25, 0.3) is 11.8 Å². The van der Waals surface area contributed by atoms with E-state index in [0.29, 0.717) is 30.0 Å². The molecular weight excluding hydrogens is 360 g/mol. The van der Waals surface area contributed by atoms with Crippen molar-refractivity contribution in [2.24, 2.45) is 0 Å². The Kier molecular flexibility index (Phi) is 6.29. The number of imide groups is 1. The summed E-state index contributed by atoms with van der Waals surface area (Å²) in [5.74, 6) is -0.00993. The highest BCUT2D eigenvalue weighted by molar-refractivity contribution is 8.00. The summed E-state index contributed by atoms with van der Waals surface area (Å²) in [6.07, 6.45) is 0.791. The minimum absolute atomic E-state index is 0.0294. The number of hydrogen-bond acceptors (Lipinski definition) is 4. The number of carbonyl (C=O) groups excluding carboxylic acids is 3. The van der Waals surface area contributed by atoms with Crippen molar-refractivity contribution in [2.75, 3.05) is 18.8 Å². The van der Waals surface area contributed by atoms with Crippen LogP contribution in [0.15, 0.2) is 54.6 Å². The van der Waals surface area contributed by atoms with Crippen LogP contribution in [0.25, 0.3) is 0 Å². The molecule has 27 heavy (non-hydrogen) atoms. The van der Waals surface area contributed by atoms with Crippen LogP contribution in [0.4, 0.5) is 0 Å². The van der Waals surface area contributed by atoms with Crippen LogP contribution < -0.4 is 5.32 Å². The molecule has 1 aliphatic rings. The van der Waals surface area contributed by atoms with Crippen LogP contribution in [0.5, 0.6) is 0 Å². The van der Waals surface area contributed by atoms with Crippen LogP contribution >= 0.6 is 11.8 Å². The molecule has 0 aliphatic carbocycles. The van der Waals surface area contributed by atoms with E-state index < -0.39 is 0 Å². The third-order valence-corrected chi connectivity index (χ3v) is 5.62. The van der Waals surface area contributed by atoms with Crippen LogP contribution in [-0.2, 0) is 11.2 Å². The molecule has 0 aromatic heterocycles. The topological polar surface area (TPSA) is 66.5 Å². The van der Waals surface area contributed by atoms with Crippen molar-refractivity contribution in [1.29, 1.82) is 0 Å². The number of carbonyl (C=O) groups is 3. The summed E-state index contributed by atoms with van der Waals surface area (Å²) in [7, 11) is 0. The Morgan fingerprint density at radius 1 is 1.00 bits per heavy atom. The Labute approximate surface area is 163 Å². The highest BCUT2D eigenvalue weighted by atomic mass is 32.2. The molecule has 2 aromatic rings. The van der Waals surface area contributed by atoms with Gasteiger partial charge in [0, 0.05) is 18.8 Å². The molecule has 0 saturated carbocycles. The van der Waals surface area contributed by atoms with Crippen LogP contribution in [0.3, 0.4) is 0 Å². The Balaban J connectivity index is 1.40. The van der Waals surface area contributed by atoms with Gasteiger partial charge in [-0.15, -0.1) is 11.8 Å². The number of hydrogen-bond donors (Lipinski definition) is 1. The summed E-state index contributed by atoms with van der Waals surface area (Å²) in [4.78, 5) is 38.1. The van der Waals surface area contributed by atoms with E-state index in [-0.39, 0.29) is 23.0 Å². The predicted molar refractivity (Wildman–Crippen MR) is 107 cm³/mol. The number of amides is 3. The number of rotatable bonds is 8. The van der Waals surface area contributed by atoms with E-state index in [1.54, 1.807) is 24.3 Å². The molecular formula is C21H22N2O3S. The summed E-state index contributed by atoms with van der Waals surface area (Å²) >= 11 is 1.44. The second-order valence-electron chi connectivity index (χ2n) is 6.35. The molecule has 3 amide bonds. The van der Waals surface area contributed by atoms with Crippen LogP contribution in [-0.4, -0.2) is 46.7 Å². The van der Waals surface area contributed by atoms with Crippen molar-refractivity contribution >= 4 is 29.5 Å². The first-order chi connectivity index (χ1) is 13.1. The van der Waals surface area contributed by atoms with Gasteiger partial charge >= 0.3 is 0 Å². The van der Waals surface area contributed by atoms with E-state index in [1.807, 2.05) is 37.3 Å². The van der Waals surface area contributed by atoms with Gasteiger partial charge in [-0.1, -0.05) is 42.5 Å². The fourth-order valence-corrected chi connectivity index (χ4v) is 3.83. The molecule has 1 atom stereocenters. The fraction of sp³-hybridized carbons (Fsp3) is 0.286. The van der Waals surface area contributed by atoms with Crippen molar-refractivity contribution in [3.8, 4) is 0 Å². The molecule has 2 aromatic carbocycles. The normalized spacial score (nSPS) is 14.2. The smallest absolute Gasteiger partial charge is 0.261 e. The number of benzene rings is 2. The van der Waals surface area contributed by atoms with E-state index in [2.05, 4.69) is 5.32 Å². The second-order valence-corrected chi connectivity index (χ2v) is 7.80. The van der Waals surface area contributed by atoms with E-state index in [0.717, 1.165) is 6.42 Å². The molecule has 0 radical (unpaired) electrons. The highest BCUT2D eigenvalue weighted by Crippen LogP contribution is 2.23.